The Bertz CT molecular complexity index is 2570. The first-order chi connectivity index (χ1) is 28.8. The third-order valence-corrected chi connectivity index (χ3v) is 10.9. The van der Waals surface area contributed by atoms with E-state index in [9.17, 15) is 39.3 Å². The number of carbonyl (C=O) groups excluding carboxylic acids is 5. The van der Waals surface area contributed by atoms with Gasteiger partial charge in [-0.3, -0.25) is 34.2 Å². The Kier molecular flexibility index (Phi) is 10.4. The molecule has 5 heterocycles. The van der Waals surface area contributed by atoms with Gasteiger partial charge in [0.25, 0.3) is 17.7 Å². The highest BCUT2D eigenvalue weighted by atomic mass is 19.1. The summed E-state index contributed by atoms with van der Waals surface area (Å²) >= 11 is 0. The number of carbonyl (C=O) groups is 5. The van der Waals surface area contributed by atoms with Gasteiger partial charge in [0.1, 0.15) is 34.7 Å². The molecule has 3 aliphatic heterocycles. The molecule has 60 heavy (non-hydrogen) atoms. The number of hydrogen-bond donors (Lipinski definition) is 5. The first-order valence-electron chi connectivity index (χ1n) is 19.2. The predicted molar refractivity (Wildman–Crippen MR) is 209 cm³/mol. The molecule has 0 aliphatic carbocycles. The quantitative estimate of drug-likeness (QED) is 0.135. The molecule has 5 N–H and O–H groups in total. The maximum Gasteiger partial charge on any atom is 0.319 e. The molecular formula is C41H39FN10O8. The second-order valence-electron chi connectivity index (χ2n) is 15.1. The van der Waals surface area contributed by atoms with E-state index in [0.717, 1.165) is 0 Å². The fraction of sp³-hybridized carbons (Fsp3) is 0.293. The summed E-state index contributed by atoms with van der Waals surface area (Å²) in [6.07, 6.45) is 2.73. The Labute approximate surface area is 341 Å². The predicted octanol–water partition coefficient (Wildman–Crippen LogP) is 3.07. The number of halogens is 1. The zero-order valence-corrected chi connectivity index (χ0v) is 32.4. The summed E-state index contributed by atoms with van der Waals surface area (Å²) in [6, 6.07) is 10.7. The van der Waals surface area contributed by atoms with Gasteiger partial charge in [0.2, 0.25) is 11.8 Å². The maximum absolute atomic E-state index is 15.6. The third kappa shape index (κ3) is 7.45. The highest BCUT2D eigenvalue weighted by Gasteiger charge is 2.40. The van der Waals surface area contributed by atoms with E-state index < -0.39 is 29.7 Å². The normalized spacial score (nSPS) is 16.9. The number of imide groups is 1. The van der Waals surface area contributed by atoms with E-state index >= 15 is 4.39 Å². The van der Waals surface area contributed by atoms with Crippen molar-refractivity contribution in [3.05, 3.63) is 100 Å². The minimum absolute atomic E-state index is 0.0328. The van der Waals surface area contributed by atoms with Crippen molar-refractivity contribution in [2.24, 2.45) is 0 Å². The smallest absolute Gasteiger partial charge is 0.319 e. The lowest BCUT2D eigenvalue weighted by Gasteiger charge is -2.34. The number of nitrogens with one attached hydrogen (secondary N) is 2. The summed E-state index contributed by atoms with van der Waals surface area (Å²) < 4.78 is 16.8. The molecule has 19 heteroatoms. The van der Waals surface area contributed by atoms with E-state index in [1.807, 2.05) is 18.7 Å². The summed E-state index contributed by atoms with van der Waals surface area (Å²) in [7, 11) is 0. The number of phenolic OH excluding ortho intramolecular Hbond substituents is 2. The molecule has 1 unspecified atom stereocenters. The second kappa shape index (κ2) is 15.8. The average molecular weight is 819 g/mol. The molecular weight excluding hydrogens is 780 g/mol. The molecule has 0 radical (unpaired) electrons. The Morgan fingerprint density at radius 2 is 1.67 bits per heavy atom. The van der Waals surface area contributed by atoms with E-state index in [1.54, 1.807) is 41.3 Å². The van der Waals surface area contributed by atoms with Crippen LogP contribution in [-0.4, -0.2) is 117 Å². The first kappa shape index (κ1) is 39.5. The molecule has 5 amide bonds. The van der Waals surface area contributed by atoms with Gasteiger partial charge < -0.3 is 30.4 Å². The topological polar surface area (TPSA) is 236 Å². The van der Waals surface area contributed by atoms with E-state index in [0.29, 0.717) is 54.1 Å². The van der Waals surface area contributed by atoms with Gasteiger partial charge in [-0.2, -0.15) is 0 Å². The van der Waals surface area contributed by atoms with Crippen molar-refractivity contribution in [3.63, 3.8) is 0 Å². The van der Waals surface area contributed by atoms with Crippen LogP contribution in [0.4, 0.5) is 10.1 Å². The van der Waals surface area contributed by atoms with Crippen LogP contribution in [0, 0.1) is 5.82 Å². The number of anilines is 1. The Morgan fingerprint density at radius 3 is 2.37 bits per heavy atom. The van der Waals surface area contributed by atoms with Crippen LogP contribution in [0.3, 0.4) is 0 Å². The number of piperidine rings is 1. The van der Waals surface area contributed by atoms with Crippen LogP contribution in [0.25, 0.3) is 17.1 Å². The number of rotatable bonds is 9. The van der Waals surface area contributed by atoms with Gasteiger partial charge >= 0.3 is 6.01 Å². The number of benzene rings is 3. The number of nitrogens with zero attached hydrogens (tertiary/aromatic N) is 8. The average Bonchev–Trinajstić information content (AvgIpc) is 3.78. The summed E-state index contributed by atoms with van der Waals surface area (Å²) in [4.78, 5) is 77.1. The van der Waals surface area contributed by atoms with Crippen molar-refractivity contribution in [1.29, 1.82) is 0 Å². The Hall–Kier alpha value is -7.28. The largest absolute Gasteiger partial charge is 0.508 e. The first-order valence-corrected chi connectivity index (χ1v) is 19.2. The van der Waals surface area contributed by atoms with Gasteiger partial charge in [-0.1, -0.05) is 31.1 Å². The zero-order valence-electron chi connectivity index (χ0n) is 32.4. The highest BCUT2D eigenvalue weighted by molar-refractivity contribution is 6.08. The van der Waals surface area contributed by atoms with Crippen LogP contribution in [0.1, 0.15) is 80.6 Å². The summed E-state index contributed by atoms with van der Waals surface area (Å²) in [5.74, 6) is -3.28. The molecule has 2 aromatic heterocycles. The molecule has 0 saturated carbocycles. The van der Waals surface area contributed by atoms with Crippen molar-refractivity contribution < 1.29 is 43.7 Å². The monoisotopic (exact) mass is 818 g/mol. The lowest BCUT2D eigenvalue weighted by atomic mass is 9.98. The zero-order chi connectivity index (χ0) is 42.4. The molecule has 3 aliphatic rings. The number of phenols is 2. The van der Waals surface area contributed by atoms with Crippen LogP contribution in [0.2, 0.25) is 0 Å². The number of amides is 5. The number of aromatic hydroxyl groups is 3. The fourth-order valence-corrected chi connectivity index (χ4v) is 7.68. The molecule has 2 saturated heterocycles. The van der Waals surface area contributed by atoms with Crippen molar-refractivity contribution in [1.82, 2.24) is 44.7 Å². The van der Waals surface area contributed by atoms with Crippen LogP contribution in [0.5, 0.6) is 17.5 Å². The number of aromatic nitrogens is 5. The van der Waals surface area contributed by atoms with E-state index in [4.69, 9.17) is 0 Å². The molecule has 5 aromatic rings. The Morgan fingerprint density at radius 1 is 0.917 bits per heavy atom. The molecule has 0 spiro atoms. The van der Waals surface area contributed by atoms with Gasteiger partial charge in [0.05, 0.1) is 23.6 Å². The van der Waals surface area contributed by atoms with Crippen LogP contribution >= 0.6 is 0 Å². The molecule has 8 rings (SSSR count). The third-order valence-electron chi connectivity index (χ3n) is 10.9. The summed E-state index contributed by atoms with van der Waals surface area (Å²) in [5, 5.41) is 44.2. The minimum atomic E-state index is -0.806. The number of fused-ring (bicyclic) bond motifs is 1. The minimum Gasteiger partial charge on any atom is -0.508 e. The summed E-state index contributed by atoms with van der Waals surface area (Å²) in [6.45, 7) is 5.55. The van der Waals surface area contributed by atoms with Crippen LogP contribution in [0.15, 0.2) is 60.9 Å². The van der Waals surface area contributed by atoms with Gasteiger partial charge in [-0.15, -0.1) is 5.10 Å². The lowest BCUT2D eigenvalue weighted by Crippen LogP contribution is -2.52. The molecule has 308 valence electrons. The highest BCUT2D eigenvalue weighted by Crippen LogP contribution is 2.39. The van der Waals surface area contributed by atoms with Crippen molar-refractivity contribution in [3.8, 4) is 34.6 Å². The van der Waals surface area contributed by atoms with Crippen molar-refractivity contribution >= 4 is 35.2 Å². The fourth-order valence-electron chi connectivity index (χ4n) is 7.68. The van der Waals surface area contributed by atoms with Crippen LogP contribution in [-0.2, 0) is 22.7 Å². The number of hydrogen-bond acceptors (Lipinski definition) is 13. The Balaban J connectivity index is 0.871. The van der Waals surface area contributed by atoms with Gasteiger partial charge in [0.15, 0.2) is 5.82 Å². The van der Waals surface area contributed by atoms with Gasteiger partial charge in [0, 0.05) is 74.1 Å². The summed E-state index contributed by atoms with van der Waals surface area (Å²) in [5.41, 5.74) is 2.51. The number of piperazine rings is 1. The van der Waals surface area contributed by atoms with E-state index in [2.05, 4.69) is 30.8 Å². The van der Waals surface area contributed by atoms with Crippen molar-refractivity contribution in [2.75, 3.05) is 31.5 Å². The molecule has 18 nitrogen and oxygen atoms in total. The van der Waals surface area contributed by atoms with E-state index in [1.165, 1.54) is 34.0 Å². The van der Waals surface area contributed by atoms with E-state index in [-0.39, 0.29) is 89.5 Å². The molecule has 1 atom stereocenters. The molecule has 0 bridgehead atoms. The van der Waals surface area contributed by atoms with Crippen LogP contribution < -0.4 is 10.6 Å². The van der Waals surface area contributed by atoms with Crippen molar-refractivity contribution in [2.45, 2.75) is 51.7 Å². The SMILES string of the molecule is CC(C)c1cc(-c2nnc(O)n2-c2ccc(CN3CCN(C(=O)c4cnc(C(=O)Nc5cccc6c5CN(C5CCC(=O)NC5=O)C6=O)cn4)CC3)c(F)c2)c(O)cc1O. The van der Waals surface area contributed by atoms with Gasteiger partial charge in [-0.25, -0.2) is 18.9 Å². The lowest BCUT2D eigenvalue weighted by molar-refractivity contribution is -0.136. The standard InChI is InChI=1S/C41H39FN10O8/c1-21(2)25-15-26(34(54)16-33(25)53)36-47-48-41(60)52(36)23-7-6-22(28(42)14-23)19-49-10-12-50(13-11-49)40(59)31-18-43-30(17-44-31)37(56)45-29-5-3-4-24-27(29)20-51(39(24)58)32-8-9-35(55)46-38(32)57/h3-7,14-18,21,32,53-54H,8-13,19-20H2,1-2H3,(H,45,56)(H,48,60)(H,46,55,57). The molecule has 3 aromatic carbocycles. The second-order valence-corrected chi connectivity index (χ2v) is 15.1. The maximum atomic E-state index is 15.6. The van der Waals surface area contributed by atoms with Gasteiger partial charge in [-0.05, 0) is 48.2 Å². The molecule has 2 fully saturated rings.